The maximum atomic E-state index is 13.0. The van der Waals surface area contributed by atoms with Gasteiger partial charge in [-0.1, -0.05) is 254 Å². The molecule has 0 saturated carbocycles. The molecule has 3 N–H and O–H groups in total. The minimum absolute atomic E-state index is 0.0486. The van der Waals surface area contributed by atoms with E-state index in [1.807, 2.05) is 21.1 Å². The molecule has 4 atom stereocenters. The maximum absolute atomic E-state index is 13.0. The van der Waals surface area contributed by atoms with Crippen LogP contribution in [0.25, 0.3) is 0 Å². The van der Waals surface area contributed by atoms with Crippen molar-refractivity contribution < 1.29 is 38.0 Å². The Morgan fingerprint density at radius 1 is 0.480 bits per heavy atom. The number of allylic oxidation sites excluding steroid dienone is 10. The number of likely N-dealkylation sites (N-methyl/N-ethyl adjacent to an activating group) is 1. The molecule has 0 aromatic rings. The van der Waals surface area contributed by atoms with Gasteiger partial charge in [0, 0.05) is 6.42 Å². The Morgan fingerprint density at radius 2 is 0.813 bits per heavy atom. The number of unbranched alkanes of at least 4 members (excludes halogenated alkanes) is 34. The minimum Gasteiger partial charge on any atom is -0.756 e. The van der Waals surface area contributed by atoms with Crippen molar-refractivity contribution >= 4 is 13.7 Å². The lowest BCUT2D eigenvalue weighted by atomic mass is 10.0. The number of amides is 1. The first-order valence-corrected chi connectivity index (χ1v) is 33.2. The largest absolute Gasteiger partial charge is 0.756 e. The van der Waals surface area contributed by atoms with Gasteiger partial charge >= 0.3 is 0 Å². The Bertz CT molecular complexity index is 1420. The first-order valence-electron chi connectivity index (χ1n) is 31.7. The molecule has 10 heteroatoms. The smallest absolute Gasteiger partial charge is 0.268 e. The monoisotopic (exact) mass is 1070 g/mol. The van der Waals surface area contributed by atoms with E-state index in [9.17, 15) is 24.5 Å². The van der Waals surface area contributed by atoms with Gasteiger partial charge in [0.05, 0.1) is 39.9 Å². The minimum atomic E-state index is -4.68. The molecule has 0 radical (unpaired) electrons. The summed E-state index contributed by atoms with van der Waals surface area (Å²) in [7, 11) is 1.10. The number of carbonyl (C=O) groups excluding carboxylic acids is 1. The van der Waals surface area contributed by atoms with Crippen LogP contribution in [0.15, 0.2) is 60.8 Å². The van der Waals surface area contributed by atoms with Crippen LogP contribution in [0.3, 0.4) is 0 Å². The van der Waals surface area contributed by atoms with Gasteiger partial charge in [0.25, 0.3) is 7.82 Å². The highest BCUT2D eigenvalue weighted by atomic mass is 31.2. The highest BCUT2D eigenvalue weighted by Gasteiger charge is 2.29. The Kier molecular flexibility index (Phi) is 54.1. The Balaban J connectivity index is 3.95. The number of nitrogens with one attached hydrogen (secondary N) is 1. The Hall–Kier alpha value is -1.84. The molecule has 0 aliphatic heterocycles. The Labute approximate surface area is 464 Å². The lowest BCUT2D eigenvalue weighted by Gasteiger charge is -2.31. The molecule has 0 saturated heterocycles. The second-order valence-electron chi connectivity index (χ2n) is 22.9. The zero-order valence-electron chi connectivity index (χ0n) is 49.9. The van der Waals surface area contributed by atoms with Crippen LogP contribution in [0.5, 0.6) is 0 Å². The number of aliphatic hydroxyl groups is 2. The fourth-order valence-electron chi connectivity index (χ4n) is 9.28. The van der Waals surface area contributed by atoms with Crippen molar-refractivity contribution in [3.05, 3.63) is 60.8 Å². The number of nitrogens with zero attached hydrogens (tertiary/aromatic N) is 1. The van der Waals surface area contributed by atoms with Crippen LogP contribution >= 0.6 is 7.82 Å². The van der Waals surface area contributed by atoms with E-state index in [1.54, 1.807) is 0 Å². The number of hydrogen-bond acceptors (Lipinski definition) is 7. The highest BCUT2D eigenvalue weighted by molar-refractivity contribution is 7.45. The molecule has 0 rings (SSSR count). The number of rotatable bonds is 58. The van der Waals surface area contributed by atoms with Crippen molar-refractivity contribution in [1.29, 1.82) is 0 Å². The van der Waals surface area contributed by atoms with Gasteiger partial charge in [-0.05, 0) is 89.9 Å². The number of hydrogen-bond donors (Lipinski definition) is 3. The summed E-state index contributed by atoms with van der Waals surface area (Å²) in [5.74, 6) is -0.290. The van der Waals surface area contributed by atoms with E-state index in [4.69, 9.17) is 9.05 Å². The predicted octanol–water partition coefficient (Wildman–Crippen LogP) is 18.0. The molecular weight excluding hydrogens is 952 g/mol. The van der Waals surface area contributed by atoms with E-state index in [1.165, 1.54) is 193 Å². The fraction of sp³-hybridized carbons (Fsp3) is 0.831. The maximum Gasteiger partial charge on any atom is 0.268 e. The first kappa shape index (κ1) is 73.2. The normalized spacial score (nSPS) is 14.6. The molecule has 0 aliphatic rings. The molecule has 4 unspecified atom stereocenters. The van der Waals surface area contributed by atoms with Crippen LogP contribution in [0.4, 0.5) is 0 Å². The summed E-state index contributed by atoms with van der Waals surface area (Å²) in [6.45, 7) is 4.38. The van der Waals surface area contributed by atoms with Gasteiger partial charge in [-0.2, -0.15) is 0 Å². The van der Waals surface area contributed by atoms with E-state index >= 15 is 0 Å². The molecule has 440 valence electrons. The summed E-state index contributed by atoms with van der Waals surface area (Å²) in [6.07, 6.45) is 71.9. The van der Waals surface area contributed by atoms with Gasteiger partial charge in [-0.15, -0.1) is 0 Å². The zero-order valence-corrected chi connectivity index (χ0v) is 50.8. The Morgan fingerprint density at radius 3 is 1.24 bits per heavy atom. The SMILES string of the molecule is CCCCC/C=C/CC/C=C/CCCC(O)C(O)C(COP(=O)([O-])OCC[N+](C)(C)C)NC(=O)CCCCCCCCCCCCCCCCCCCCCCCCCC/C=C\C/C=C\C/C=C\CCCCCCC. The number of quaternary nitrogens is 1. The highest BCUT2D eigenvalue weighted by Crippen LogP contribution is 2.38. The predicted molar refractivity (Wildman–Crippen MR) is 322 cm³/mol. The van der Waals surface area contributed by atoms with Crippen LogP contribution in [0.2, 0.25) is 0 Å². The van der Waals surface area contributed by atoms with Crippen LogP contribution < -0.4 is 10.2 Å². The van der Waals surface area contributed by atoms with Crippen LogP contribution in [0.1, 0.15) is 290 Å². The molecule has 0 fully saturated rings. The van der Waals surface area contributed by atoms with Gasteiger partial charge in [-0.3, -0.25) is 9.36 Å². The van der Waals surface area contributed by atoms with Crippen molar-refractivity contribution in [1.82, 2.24) is 5.32 Å². The number of phosphoric ester groups is 1. The van der Waals surface area contributed by atoms with Gasteiger partial charge in [0.15, 0.2) is 0 Å². The van der Waals surface area contributed by atoms with Gasteiger partial charge < -0.3 is 34.0 Å². The summed E-state index contributed by atoms with van der Waals surface area (Å²) < 4.78 is 23.2. The van der Waals surface area contributed by atoms with Crippen LogP contribution in [0, 0.1) is 0 Å². The van der Waals surface area contributed by atoms with Gasteiger partial charge in [0.1, 0.15) is 19.3 Å². The zero-order chi connectivity index (χ0) is 55.0. The molecule has 1 amide bonds. The molecule has 9 nitrogen and oxygen atoms in total. The number of phosphoric acid groups is 1. The summed E-state index contributed by atoms with van der Waals surface area (Å²) in [4.78, 5) is 25.5. The molecular formula is C65H123N2O7P. The lowest BCUT2D eigenvalue weighted by molar-refractivity contribution is -0.870. The van der Waals surface area contributed by atoms with Crippen molar-refractivity contribution in [2.24, 2.45) is 0 Å². The molecule has 0 spiro atoms. The molecule has 75 heavy (non-hydrogen) atoms. The third-order valence-corrected chi connectivity index (χ3v) is 15.3. The molecule has 0 aromatic carbocycles. The number of aliphatic hydroxyl groups excluding tert-OH is 2. The second kappa shape index (κ2) is 55.5. The molecule has 0 heterocycles. The van der Waals surface area contributed by atoms with Crippen molar-refractivity contribution in [3.63, 3.8) is 0 Å². The van der Waals surface area contributed by atoms with E-state index in [-0.39, 0.29) is 18.9 Å². The van der Waals surface area contributed by atoms with Gasteiger partial charge in [0.2, 0.25) is 5.91 Å². The standard InChI is InChI=1S/C65H123N2O7P/c1-6-8-10-12-14-16-18-20-21-22-23-24-25-26-27-28-29-30-31-32-33-34-35-36-37-38-39-40-41-42-43-44-45-46-48-50-52-54-56-58-64(69)66-62(61-74-75(71,72)73-60-59-67(3,4)5)65(70)63(68)57-55-53-51-49-47-19-17-15-13-11-9-7-2/h15,17-18,20,22-23,25-26,49,51,62-63,65,68,70H,6-14,16,19,21,24,27-48,50,52-61H2,1-5H3,(H-,66,69,71,72)/b17-15+,20-18-,23-22-,26-25-,51-49+. The second-order valence-corrected chi connectivity index (χ2v) is 24.3. The average Bonchev–Trinajstić information content (AvgIpc) is 3.37. The number of carbonyl (C=O) groups is 1. The van der Waals surface area contributed by atoms with Crippen molar-refractivity contribution in [2.45, 2.75) is 308 Å². The fourth-order valence-corrected chi connectivity index (χ4v) is 10.0. The quantitative estimate of drug-likeness (QED) is 0.0239. The van der Waals surface area contributed by atoms with Crippen molar-refractivity contribution in [3.8, 4) is 0 Å². The summed E-state index contributed by atoms with van der Waals surface area (Å²) in [6, 6.07) is -1.10. The third kappa shape index (κ3) is 56.7. The molecule has 0 bridgehead atoms. The van der Waals surface area contributed by atoms with E-state index in [0.29, 0.717) is 30.3 Å². The van der Waals surface area contributed by atoms with Crippen molar-refractivity contribution in [2.75, 3.05) is 40.9 Å². The average molecular weight is 1080 g/mol. The first-order chi connectivity index (χ1) is 36.4. The molecule has 0 aliphatic carbocycles. The van der Waals surface area contributed by atoms with Crippen LogP contribution in [-0.2, 0) is 18.4 Å². The summed E-state index contributed by atoms with van der Waals surface area (Å²) in [5.41, 5.74) is 0. The van der Waals surface area contributed by atoms with E-state index < -0.39 is 32.7 Å². The van der Waals surface area contributed by atoms with E-state index in [0.717, 1.165) is 57.8 Å². The lowest BCUT2D eigenvalue weighted by Crippen LogP contribution is -2.51. The third-order valence-electron chi connectivity index (χ3n) is 14.3. The van der Waals surface area contributed by atoms with E-state index in [2.05, 4.69) is 79.9 Å². The summed E-state index contributed by atoms with van der Waals surface area (Å²) >= 11 is 0. The summed E-state index contributed by atoms with van der Waals surface area (Å²) in [5, 5.41) is 24.7. The van der Waals surface area contributed by atoms with Gasteiger partial charge in [-0.25, -0.2) is 0 Å². The molecule has 0 aromatic heterocycles. The topological polar surface area (TPSA) is 128 Å². The van der Waals surface area contributed by atoms with Crippen LogP contribution in [-0.4, -0.2) is 79.8 Å².